The first-order chi connectivity index (χ1) is 25.6. The van der Waals surface area contributed by atoms with Crippen LogP contribution in [0.25, 0.3) is 0 Å². The van der Waals surface area contributed by atoms with Crippen LogP contribution in [0.2, 0.25) is 0 Å². The van der Waals surface area contributed by atoms with Gasteiger partial charge in [0.25, 0.3) is 5.56 Å². The smallest absolute Gasteiger partial charge is 0.330 e. The highest BCUT2D eigenvalue weighted by molar-refractivity contribution is 5.70. The van der Waals surface area contributed by atoms with Crippen LogP contribution in [0, 0.1) is 6.92 Å². The van der Waals surface area contributed by atoms with E-state index in [4.69, 9.17) is 14.2 Å². The lowest BCUT2D eigenvalue weighted by atomic mass is 10.1. The van der Waals surface area contributed by atoms with E-state index in [-0.39, 0.29) is 18.4 Å². The van der Waals surface area contributed by atoms with E-state index in [1.165, 1.54) is 101 Å². The minimum atomic E-state index is -1.17. The molecule has 1 aromatic heterocycles. The number of aliphatic hydroxyl groups excluding tert-OH is 1. The second-order valence-electron chi connectivity index (χ2n) is 14.8. The molecule has 12 heteroatoms. The number of hydrogen-bond donors (Lipinski definition) is 2. The van der Waals surface area contributed by atoms with E-state index in [1.807, 2.05) is 0 Å². The number of amides is 1. The van der Waals surface area contributed by atoms with E-state index in [0.29, 0.717) is 12.8 Å². The Kier molecular flexibility index (Phi) is 27.5. The number of hydrogen-bond acceptors (Lipinski definition) is 9. The molecule has 1 amide bonds. The van der Waals surface area contributed by atoms with Gasteiger partial charge in [0.15, 0.2) is 18.4 Å². The summed E-state index contributed by atoms with van der Waals surface area (Å²) in [4.78, 5) is 63.9. The summed E-state index contributed by atoms with van der Waals surface area (Å²) in [6.07, 6.45) is 23.5. The zero-order chi connectivity index (χ0) is 39.3. The fraction of sp³-hybridized carbons (Fsp3) is 0.829. The molecule has 306 valence electrons. The Bertz CT molecular complexity index is 1230. The van der Waals surface area contributed by atoms with Crippen molar-refractivity contribution >= 4 is 18.3 Å². The van der Waals surface area contributed by atoms with Crippen LogP contribution < -0.4 is 11.2 Å². The van der Waals surface area contributed by atoms with Crippen molar-refractivity contribution in [2.45, 2.75) is 199 Å². The molecule has 12 nitrogen and oxygen atoms in total. The van der Waals surface area contributed by atoms with Gasteiger partial charge < -0.3 is 24.2 Å². The summed E-state index contributed by atoms with van der Waals surface area (Å²) in [5.74, 6) is -0.946. The van der Waals surface area contributed by atoms with Crippen molar-refractivity contribution in [2.75, 3.05) is 20.7 Å². The Morgan fingerprint density at radius 1 is 0.736 bits per heavy atom. The van der Waals surface area contributed by atoms with Gasteiger partial charge >= 0.3 is 17.6 Å². The van der Waals surface area contributed by atoms with Gasteiger partial charge in [-0.05, 0) is 19.8 Å². The van der Waals surface area contributed by atoms with Crippen LogP contribution >= 0.6 is 0 Å². The summed E-state index contributed by atoms with van der Waals surface area (Å²) in [5, 5.41) is 10.1. The third-order valence-electron chi connectivity index (χ3n) is 9.60. The molecule has 2 heterocycles. The van der Waals surface area contributed by atoms with Crippen molar-refractivity contribution in [1.82, 2.24) is 14.5 Å². The molecule has 4 atom stereocenters. The van der Waals surface area contributed by atoms with E-state index in [2.05, 4.69) is 18.8 Å². The van der Waals surface area contributed by atoms with Gasteiger partial charge in [-0.3, -0.25) is 28.7 Å². The van der Waals surface area contributed by atoms with Crippen molar-refractivity contribution in [1.29, 1.82) is 0 Å². The van der Waals surface area contributed by atoms with Gasteiger partial charge in [0.05, 0.1) is 6.61 Å². The molecule has 1 fully saturated rings. The van der Waals surface area contributed by atoms with Crippen LogP contribution in [0.4, 0.5) is 0 Å². The van der Waals surface area contributed by atoms with Crippen LogP contribution in [0.15, 0.2) is 15.8 Å². The molecular weight excluding hydrogens is 678 g/mol. The minimum absolute atomic E-state index is 0.184. The molecule has 0 radical (unpaired) electrons. The van der Waals surface area contributed by atoms with E-state index in [1.54, 1.807) is 21.0 Å². The zero-order valence-corrected chi connectivity index (χ0v) is 33.7. The van der Waals surface area contributed by atoms with Gasteiger partial charge in [-0.15, -0.1) is 0 Å². The summed E-state index contributed by atoms with van der Waals surface area (Å²) < 4.78 is 18.7. The summed E-state index contributed by atoms with van der Waals surface area (Å²) in [7, 11) is 3.38. The van der Waals surface area contributed by atoms with Crippen molar-refractivity contribution in [3.63, 3.8) is 0 Å². The largest absolute Gasteiger partial charge is 0.455 e. The third-order valence-corrected chi connectivity index (χ3v) is 9.60. The maximum Gasteiger partial charge on any atom is 0.330 e. The number of aliphatic hydroxyl groups is 1. The standard InChI is InChI=1S/C38H66N2O8.C3H7NO/c1-4-6-8-10-12-14-16-18-20-22-24-26-32(42)47-34-31(29-41)46-37(40-28-30(3)36(44)39-38(40)45)35(34)48-33(43)27-25-23-21-19-17-15-13-11-9-7-5-2;1-4(2)3-5/h28,31,34-35,37,41H,4-27,29H2,1-3H3,(H,39,44,45);3H,1-2H3/t31-,34-,35-,37-;/m1./s1. The number of aromatic nitrogens is 2. The van der Waals surface area contributed by atoms with Gasteiger partial charge in [0.1, 0.15) is 6.10 Å². The number of H-pyrrole nitrogens is 1. The van der Waals surface area contributed by atoms with Crippen LogP contribution in [0.5, 0.6) is 0 Å². The fourth-order valence-corrected chi connectivity index (χ4v) is 6.41. The molecule has 0 spiro atoms. The molecule has 2 rings (SSSR count). The second-order valence-corrected chi connectivity index (χ2v) is 14.8. The Balaban J connectivity index is 0.00000262. The number of carbonyl (C=O) groups is 3. The molecule has 2 N–H and O–H groups in total. The number of rotatable bonds is 29. The van der Waals surface area contributed by atoms with Gasteiger partial charge in [-0.2, -0.15) is 0 Å². The van der Waals surface area contributed by atoms with Crippen LogP contribution in [-0.4, -0.2) is 76.9 Å². The Morgan fingerprint density at radius 3 is 1.49 bits per heavy atom. The number of carbonyl (C=O) groups excluding carboxylic acids is 3. The number of esters is 2. The molecule has 0 aromatic carbocycles. The Morgan fingerprint density at radius 2 is 1.11 bits per heavy atom. The van der Waals surface area contributed by atoms with Crippen molar-refractivity contribution < 1.29 is 33.7 Å². The second kappa shape index (κ2) is 30.3. The average Bonchev–Trinajstić information content (AvgIpc) is 3.46. The highest BCUT2D eigenvalue weighted by atomic mass is 16.6. The lowest BCUT2D eigenvalue weighted by molar-refractivity contribution is -0.169. The predicted molar refractivity (Wildman–Crippen MR) is 209 cm³/mol. The number of nitrogens with one attached hydrogen (secondary N) is 1. The number of unbranched alkanes of at least 4 members (excludes halogenated alkanes) is 20. The maximum absolute atomic E-state index is 13.0. The molecule has 1 aliphatic rings. The first kappa shape index (κ1) is 48.0. The molecular formula is C41H73N3O9. The highest BCUT2D eigenvalue weighted by Gasteiger charge is 2.50. The zero-order valence-electron chi connectivity index (χ0n) is 33.7. The monoisotopic (exact) mass is 752 g/mol. The highest BCUT2D eigenvalue weighted by Crippen LogP contribution is 2.34. The SMILES string of the molecule is CCCCCCCCCCCCCC(=O)O[C@@H]1[C@H](OC(=O)CCCCCCCCCCCCC)[C@@H](CO)O[C@H]1n1cc(C)c(=O)[nH]c1=O.CN(C)C=O. The molecule has 1 saturated heterocycles. The molecule has 0 saturated carbocycles. The quantitative estimate of drug-likeness (QED) is 0.0476. The number of aryl methyl sites for hydroxylation is 1. The number of ether oxygens (including phenoxy) is 3. The summed E-state index contributed by atoms with van der Waals surface area (Å²) in [6, 6.07) is 0. The van der Waals surface area contributed by atoms with Crippen molar-refractivity contribution in [3.8, 4) is 0 Å². The van der Waals surface area contributed by atoms with E-state index in [9.17, 15) is 29.1 Å². The molecule has 53 heavy (non-hydrogen) atoms. The van der Waals surface area contributed by atoms with Gasteiger partial charge in [-0.25, -0.2) is 4.79 Å². The average molecular weight is 752 g/mol. The first-order valence-corrected chi connectivity index (χ1v) is 20.7. The molecule has 0 unspecified atom stereocenters. The maximum atomic E-state index is 13.0. The van der Waals surface area contributed by atoms with Crippen molar-refractivity contribution in [3.05, 3.63) is 32.6 Å². The molecule has 1 aromatic rings. The van der Waals surface area contributed by atoms with Gasteiger partial charge in [0, 0.05) is 38.7 Å². The Hall–Kier alpha value is -2.99. The third kappa shape index (κ3) is 21.5. The van der Waals surface area contributed by atoms with Gasteiger partial charge in [-0.1, -0.05) is 142 Å². The topological polar surface area (TPSA) is 157 Å². The first-order valence-electron chi connectivity index (χ1n) is 20.7. The molecule has 1 aliphatic heterocycles. The Labute approximate surface area is 318 Å². The fourth-order valence-electron chi connectivity index (χ4n) is 6.41. The van der Waals surface area contributed by atoms with E-state index >= 15 is 0 Å². The van der Waals surface area contributed by atoms with Gasteiger partial charge in [0.2, 0.25) is 6.41 Å². The van der Waals surface area contributed by atoms with Crippen LogP contribution in [0.3, 0.4) is 0 Å². The molecule has 0 aliphatic carbocycles. The van der Waals surface area contributed by atoms with E-state index in [0.717, 1.165) is 49.5 Å². The summed E-state index contributed by atoms with van der Waals surface area (Å²) in [6.45, 7) is 5.50. The van der Waals surface area contributed by atoms with Crippen LogP contribution in [-0.2, 0) is 28.6 Å². The minimum Gasteiger partial charge on any atom is -0.455 e. The normalized spacial score (nSPS) is 17.9. The summed E-state index contributed by atoms with van der Waals surface area (Å²) in [5.41, 5.74) is -1.01. The number of nitrogens with zero attached hydrogens (tertiary/aromatic N) is 2. The van der Waals surface area contributed by atoms with E-state index < -0.39 is 54.3 Å². The lowest BCUT2D eigenvalue weighted by Gasteiger charge is -2.25. The van der Waals surface area contributed by atoms with Crippen molar-refractivity contribution in [2.24, 2.45) is 0 Å². The summed E-state index contributed by atoms with van der Waals surface area (Å²) >= 11 is 0. The van der Waals surface area contributed by atoms with Crippen LogP contribution in [0.1, 0.15) is 180 Å². The molecule has 0 bridgehead atoms. The predicted octanol–water partition coefficient (Wildman–Crippen LogP) is 7.66. The number of aromatic amines is 1. The lowest BCUT2D eigenvalue weighted by Crippen LogP contribution is -2.43.